The molecule has 3 aromatic carbocycles. The van der Waals surface area contributed by atoms with Crippen LogP contribution in [0.2, 0.25) is 0 Å². The first-order valence-electron chi connectivity index (χ1n) is 13.3. The Kier molecular flexibility index (Phi) is 9.37. The van der Waals surface area contributed by atoms with Gasteiger partial charge in [0, 0.05) is 18.5 Å². The van der Waals surface area contributed by atoms with Gasteiger partial charge in [0.05, 0.1) is 0 Å². The van der Waals surface area contributed by atoms with Gasteiger partial charge in [-0.25, -0.2) is 0 Å². The third kappa shape index (κ3) is 8.76. The smallest absolute Gasteiger partial charge is 0.261 e. The molecule has 5 heteroatoms. The number of nitrogens with one attached hydrogen (secondary N) is 1. The van der Waals surface area contributed by atoms with E-state index in [2.05, 4.69) is 26.1 Å². The first-order valence-corrected chi connectivity index (χ1v) is 13.3. The normalized spacial score (nSPS) is 12.5. The predicted octanol–water partition coefficient (Wildman–Crippen LogP) is 6.23. The summed E-state index contributed by atoms with van der Waals surface area (Å²) in [6.45, 7) is 14.5. The highest BCUT2D eigenvalue weighted by molar-refractivity contribution is 5.89. The van der Waals surface area contributed by atoms with Gasteiger partial charge in [0.2, 0.25) is 5.91 Å². The van der Waals surface area contributed by atoms with E-state index in [0.717, 1.165) is 16.7 Å². The molecule has 3 aromatic rings. The number of rotatable bonds is 9. The molecule has 0 fully saturated rings. The van der Waals surface area contributed by atoms with E-state index in [1.54, 1.807) is 4.90 Å². The number of ether oxygens (including phenoxy) is 1. The second-order valence-electron chi connectivity index (χ2n) is 12.0. The number of carbonyl (C=O) groups is 2. The zero-order chi connectivity index (χ0) is 27.9. The van der Waals surface area contributed by atoms with Crippen LogP contribution in [0.25, 0.3) is 0 Å². The fourth-order valence-electron chi connectivity index (χ4n) is 4.18. The second-order valence-corrected chi connectivity index (χ2v) is 12.0. The highest BCUT2D eigenvalue weighted by Gasteiger charge is 2.32. The van der Waals surface area contributed by atoms with Gasteiger partial charge in [-0.3, -0.25) is 9.59 Å². The standard InChI is InChI=1S/C33H42N2O3/c1-24-13-15-26(16-14-24)22-35(30(36)23-38-28-19-17-27(18-20-28)32(2,3)4)29(31(37)34-33(5,6)7)21-25-11-9-8-10-12-25/h8-20,29H,21-23H2,1-7H3,(H,34,37)/t29-/m1/s1. The molecule has 2 amide bonds. The van der Waals surface area contributed by atoms with Crippen molar-refractivity contribution >= 4 is 11.8 Å². The summed E-state index contributed by atoms with van der Waals surface area (Å²) in [4.78, 5) is 29.0. The van der Waals surface area contributed by atoms with Crippen molar-refractivity contribution in [1.29, 1.82) is 0 Å². The zero-order valence-electron chi connectivity index (χ0n) is 23.9. The first-order chi connectivity index (χ1) is 17.8. The molecule has 0 saturated heterocycles. The molecular formula is C33H42N2O3. The minimum absolute atomic E-state index is 0.0320. The Morgan fingerprint density at radius 3 is 1.97 bits per heavy atom. The molecule has 0 heterocycles. The molecule has 1 atom stereocenters. The van der Waals surface area contributed by atoms with Crippen LogP contribution in [0, 0.1) is 6.92 Å². The summed E-state index contributed by atoms with van der Waals surface area (Å²) < 4.78 is 5.93. The van der Waals surface area contributed by atoms with Crippen molar-refractivity contribution in [3.63, 3.8) is 0 Å². The Morgan fingerprint density at radius 2 is 1.42 bits per heavy atom. The number of hydrogen-bond acceptors (Lipinski definition) is 3. The predicted molar refractivity (Wildman–Crippen MR) is 154 cm³/mol. The van der Waals surface area contributed by atoms with Crippen LogP contribution in [0.3, 0.4) is 0 Å². The minimum atomic E-state index is -0.697. The van der Waals surface area contributed by atoms with Crippen molar-refractivity contribution in [1.82, 2.24) is 10.2 Å². The average molecular weight is 515 g/mol. The number of aryl methyl sites for hydroxylation is 1. The number of benzene rings is 3. The number of carbonyl (C=O) groups excluding carboxylic acids is 2. The summed E-state index contributed by atoms with van der Waals surface area (Å²) in [5.41, 5.74) is 3.88. The molecule has 38 heavy (non-hydrogen) atoms. The fourth-order valence-corrected chi connectivity index (χ4v) is 4.18. The maximum Gasteiger partial charge on any atom is 0.261 e. The van der Waals surface area contributed by atoms with Crippen LogP contribution in [-0.4, -0.2) is 34.9 Å². The van der Waals surface area contributed by atoms with Crippen LogP contribution >= 0.6 is 0 Å². The largest absolute Gasteiger partial charge is 0.484 e. The average Bonchev–Trinajstić information content (AvgIpc) is 2.85. The number of amides is 2. The molecule has 0 radical (unpaired) electrons. The van der Waals surface area contributed by atoms with Gasteiger partial charge in [-0.2, -0.15) is 0 Å². The molecule has 0 aliphatic heterocycles. The van der Waals surface area contributed by atoms with Crippen molar-refractivity contribution in [3.05, 3.63) is 101 Å². The van der Waals surface area contributed by atoms with Crippen LogP contribution in [0.1, 0.15) is 63.8 Å². The Balaban J connectivity index is 1.89. The van der Waals surface area contributed by atoms with E-state index in [0.29, 0.717) is 18.7 Å². The van der Waals surface area contributed by atoms with Gasteiger partial charge >= 0.3 is 0 Å². The van der Waals surface area contributed by atoms with Crippen LogP contribution < -0.4 is 10.1 Å². The maximum atomic E-state index is 13.7. The van der Waals surface area contributed by atoms with Crippen molar-refractivity contribution in [2.75, 3.05) is 6.61 Å². The third-order valence-corrected chi connectivity index (χ3v) is 6.33. The lowest BCUT2D eigenvalue weighted by Gasteiger charge is -2.33. The Labute approximate surface area is 228 Å². The highest BCUT2D eigenvalue weighted by Crippen LogP contribution is 2.24. The SMILES string of the molecule is Cc1ccc(CN(C(=O)COc2ccc(C(C)(C)C)cc2)[C@H](Cc2ccccc2)C(=O)NC(C)(C)C)cc1. The summed E-state index contributed by atoms with van der Waals surface area (Å²) in [6, 6.07) is 25.0. The quantitative estimate of drug-likeness (QED) is 0.368. The van der Waals surface area contributed by atoms with Crippen LogP contribution in [-0.2, 0) is 28.0 Å². The second kappa shape index (κ2) is 12.3. The lowest BCUT2D eigenvalue weighted by molar-refractivity contribution is -0.143. The van der Waals surface area contributed by atoms with Crippen LogP contribution in [0.5, 0.6) is 5.75 Å². The molecule has 1 N–H and O–H groups in total. The molecule has 0 unspecified atom stereocenters. The van der Waals surface area contributed by atoms with Gasteiger partial charge in [0.15, 0.2) is 6.61 Å². The molecular weight excluding hydrogens is 472 g/mol. The Morgan fingerprint density at radius 1 is 0.816 bits per heavy atom. The topological polar surface area (TPSA) is 58.6 Å². The summed E-state index contributed by atoms with van der Waals surface area (Å²) in [5.74, 6) is 0.201. The molecule has 0 aliphatic carbocycles. The first kappa shape index (κ1) is 29.0. The van der Waals surface area contributed by atoms with E-state index in [1.165, 1.54) is 5.56 Å². The lowest BCUT2D eigenvalue weighted by Crippen LogP contribution is -2.55. The van der Waals surface area contributed by atoms with Gasteiger partial charge in [0.25, 0.3) is 5.91 Å². The molecule has 0 bridgehead atoms. The molecule has 0 spiro atoms. The minimum Gasteiger partial charge on any atom is -0.484 e. The lowest BCUT2D eigenvalue weighted by atomic mass is 9.87. The maximum absolute atomic E-state index is 13.7. The van der Waals surface area contributed by atoms with Gasteiger partial charge in [-0.15, -0.1) is 0 Å². The van der Waals surface area contributed by atoms with Crippen LogP contribution in [0.15, 0.2) is 78.9 Å². The molecule has 202 valence electrons. The van der Waals surface area contributed by atoms with Crippen molar-refractivity contribution in [2.24, 2.45) is 0 Å². The van der Waals surface area contributed by atoms with E-state index in [4.69, 9.17) is 4.74 Å². The van der Waals surface area contributed by atoms with Crippen molar-refractivity contribution in [3.8, 4) is 5.75 Å². The Bertz CT molecular complexity index is 1190. The summed E-state index contributed by atoms with van der Waals surface area (Å²) in [7, 11) is 0. The van der Waals surface area contributed by atoms with Gasteiger partial charge in [-0.05, 0) is 61.9 Å². The monoisotopic (exact) mass is 514 g/mol. The number of nitrogens with zero attached hydrogens (tertiary/aromatic N) is 1. The number of hydrogen-bond donors (Lipinski definition) is 1. The van der Waals surface area contributed by atoms with Gasteiger partial charge < -0.3 is 15.0 Å². The van der Waals surface area contributed by atoms with Gasteiger partial charge in [-0.1, -0.05) is 93.1 Å². The molecule has 0 aromatic heterocycles. The summed E-state index contributed by atoms with van der Waals surface area (Å²) in [5, 5.41) is 3.09. The molecule has 3 rings (SSSR count). The fraction of sp³-hybridized carbons (Fsp3) is 0.394. The molecule has 5 nitrogen and oxygen atoms in total. The van der Waals surface area contributed by atoms with Crippen molar-refractivity contribution < 1.29 is 14.3 Å². The van der Waals surface area contributed by atoms with E-state index in [1.807, 2.05) is 107 Å². The summed E-state index contributed by atoms with van der Waals surface area (Å²) in [6.07, 6.45) is 0.403. The highest BCUT2D eigenvalue weighted by atomic mass is 16.5. The van der Waals surface area contributed by atoms with E-state index >= 15 is 0 Å². The van der Waals surface area contributed by atoms with Gasteiger partial charge in [0.1, 0.15) is 11.8 Å². The zero-order valence-corrected chi connectivity index (χ0v) is 23.9. The molecule has 0 saturated carbocycles. The van der Waals surface area contributed by atoms with Crippen molar-refractivity contribution in [2.45, 2.75) is 78.4 Å². The van der Waals surface area contributed by atoms with E-state index < -0.39 is 11.6 Å². The third-order valence-electron chi connectivity index (χ3n) is 6.33. The van der Waals surface area contributed by atoms with Crippen LogP contribution in [0.4, 0.5) is 0 Å². The van der Waals surface area contributed by atoms with E-state index in [-0.39, 0.29) is 23.8 Å². The molecule has 0 aliphatic rings. The Hall–Kier alpha value is -3.60. The van der Waals surface area contributed by atoms with E-state index in [9.17, 15) is 9.59 Å². The summed E-state index contributed by atoms with van der Waals surface area (Å²) >= 11 is 0.